The van der Waals surface area contributed by atoms with E-state index in [1.807, 2.05) is 0 Å². The molecule has 8 heteroatoms. The minimum absolute atomic E-state index is 0.504. The van der Waals surface area contributed by atoms with E-state index in [0.717, 1.165) is 0 Å². The number of halogens is 1. The topological polar surface area (TPSA) is 55.6 Å². The summed E-state index contributed by atoms with van der Waals surface area (Å²) in [7, 11) is 1.23. The minimum atomic E-state index is -2.33. The molecule has 0 saturated heterocycles. The SMILES string of the molecule is CCP(N)(=S)OSN(C)C(=O)F. The lowest BCUT2D eigenvalue weighted by Gasteiger charge is -2.16. The Balaban J connectivity index is 3.83. The molecule has 12 heavy (non-hydrogen) atoms. The first-order valence-corrected chi connectivity index (χ1v) is 6.73. The van der Waals surface area contributed by atoms with Crippen molar-refractivity contribution < 1.29 is 13.2 Å². The fraction of sp³-hybridized carbons (Fsp3) is 0.750. The summed E-state index contributed by atoms with van der Waals surface area (Å²) in [6, 6.07) is 0. The largest absolute Gasteiger partial charge is 0.411 e. The number of nitrogens with zero attached hydrogens (tertiary/aromatic N) is 1. The third-order valence-corrected chi connectivity index (χ3v) is 4.81. The zero-order valence-electron chi connectivity index (χ0n) is 6.69. The molecule has 1 amide bonds. The number of carbonyl (C=O) groups is 1. The molecule has 0 radical (unpaired) electrons. The van der Waals surface area contributed by atoms with Gasteiger partial charge in [-0.15, -0.1) is 4.39 Å². The standard InChI is InChI=1S/C4H10FN2O2PS2/c1-3-10(6,11)9-12-7(2)4(5)8/h3H2,1-2H3,(H2,6,11). The lowest BCUT2D eigenvalue weighted by atomic mass is 11.0. The Labute approximate surface area is 80.1 Å². The molecule has 0 bridgehead atoms. The highest BCUT2D eigenvalue weighted by Gasteiger charge is 2.14. The number of rotatable bonds is 4. The van der Waals surface area contributed by atoms with Gasteiger partial charge >= 0.3 is 6.16 Å². The highest BCUT2D eigenvalue weighted by molar-refractivity contribution is 8.15. The highest BCUT2D eigenvalue weighted by atomic mass is 32.5. The highest BCUT2D eigenvalue weighted by Crippen LogP contribution is 2.42. The van der Waals surface area contributed by atoms with Crippen LogP contribution in [0.1, 0.15) is 6.92 Å². The summed E-state index contributed by atoms with van der Waals surface area (Å²) < 4.78 is 17.5. The van der Waals surface area contributed by atoms with Crippen molar-refractivity contribution in [2.24, 2.45) is 5.50 Å². The maximum Gasteiger partial charge on any atom is 0.411 e. The van der Waals surface area contributed by atoms with E-state index in [1.54, 1.807) is 6.92 Å². The van der Waals surface area contributed by atoms with Gasteiger partial charge in [0.05, 0.1) is 0 Å². The molecule has 0 fully saturated rings. The second-order valence-corrected chi connectivity index (χ2v) is 7.17. The van der Waals surface area contributed by atoms with E-state index in [9.17, 15) is 9.18 Å². The molecule has 4 nitrogen and oxygen atoms in total. The van der Waals surface area contributed by atoms with Gasteiger partial charge < -0.3 is 0 Å². The van der Waals surface area contributed by atoms with Crippen LogP contribution >= 0.6 is 18.6 Å². The van der Waals surface area contributed by atoms with Crippen molar-refractivity contribution in [2.75, 3.05) is 13.2 Å². The summed E-state index contributed by atoms with van der Waals surface area (Å²) in [5.74, 6) is 0. The van der Waals surface area contributed by atoms with Crippen LogP contribution in [0, 0.1) is 0 Å². The van der Waals surface area contributed by atoms with Crippen molar-refractivity contribution in [1.82, 2.24) is 4.31 Å². The Morgan fingerprint density at radius 1 is 1.92 bits per heavy atom. The van der Waals surface area contributed by atoms with Crippen LogP contribution in [0.15, 0.2) is 0 Å². The second kappa shape index (κ2) is 5.14. The average Bonchev–Trinajstić information content (AvgIpc) is 2.00. The van der Waals surface area contributed by atoms with Crippen molar-refractivity contribution >= 4 is 36.6 Å². The molecule has 0 aliphatic heterocycles. The zero-order chi connectivity index (χ0) is 9.78. The predicted octanol–water partition coefficient (Wildman–Crippen LogP) is 1.88. The summed E-state index contributed by atoms with van der Waals surface area (Å²) in [4.78, 5) is 10.0. The summed E-state index contributed by atoms with van der Waals surface area (Å²) in [5.41, 5.74) is 5.49. The second-order valence-electron chi connectivity index (χ2n) is 1.94. The Morgan fingerprint density at radius 2 is 2.42 bits per heavy atom. The molecule has 0 aliphatic carbocycles. The third-order valence-electron chi connectivity index (χ3n) is 0.960. The van der Waals surface area contributed by atoms with Crippen LogP contribution in [0.2, 0.25) is 0 Å². The van der Waals surface area contributed by atoms with Gasteiger partial charge in [0.25, 0.3) is 0 Å². The van der Waals surface area contributed by atoms with Gasteiger partial charge in [0.1, 0.15) is 18.6 Å². The lowest BCUT2D eigenvalue weighted by molar-refractivity contribution is 0.208. The fourth-order valence-corrected chi connectivity index (χ4v) is 1.77. The van der Waals surface area contributed by atoms with Crippen LogP contribution < -0.4 is 5.50 Å². The number of nitrogens with two attached hydrogens (primary N) is 1. The van der Waals surface area contributed by atoms with E-state index < -0.39 is 12.6 Å². The molecule has 2 N–H and O–H groups in total. The number of hydrogen-bond acceptors (Lipinski definition) is 4. The van der Waals surface area contributed by atoms with E-state index in [2.05, 4.69) is 0 Å². The van der Waals surface area contributed by atoms with Gasteiger partial charge in [-0.3, -0.25) is 5.50 Å². The van der Waals surface area contributed by atoms with Gasteiger partial charge in [-0.05, 0) is 11.8 Å². The molecule has 0 heterocycles. The van der Waals surface area contributed by atoms with Crippen LogP contribution in [0.25, 0.3) is 0 Å². The van der Waals surface area contributed by atoms with Gasteiger partial charge in [-0.1, -0.05) is 6.92 Å². The zero-order valence-corrected chi connectivity index (χ0v) is 9.22. The van der Waals surface area contributed by atoms with Crippen molar-refractivity contribution in [3.63, 3.8) is 0 Å². The number of hydrogen-bond donors (Lipinski definition) is 1. The minimum Gasteiger partial charge on any atom is -0.281 e. The van der Waals surface area contributed by atoms with Crippen molar-refractivity contribution in [3.05, 3.63) is 0 Å². The molecule has 0 aromatic carbocycles. The average molecular weight is 232 g/mol. The molecule has 0 saturated carbocycles. The van der Waals surface area contributed by atoms with Crippen molar-refractivity contribution in [3.8, 4) is 0 Å². The Kier molecular flexibility index (Phi) is 5.27. The van der Waals surface area contributed by atoms with Gasteiger partial charge in [0, 0.05) is 13.2 Å². The van der Waals surface area contributed by atoms with E-state index in [0.29, 0.717) is 22.7 Å². The molecule has 0 aromatic rings. The first kappa shape index (κ1) is 12.3. The Hall–Kier alpha value is 0.320. The van der Waals surface area contributed by atoms with Crippen LogP contribution in [0.5, 0.6) is 0 Å². The van der Waals surface area contributed by atoms with Gasteiger partial charge in [-0.2, -0.15) is 0 Å². The summed E-state index contributed by atoms with van der Waals surface area (Å²) in [6.07, 6.45) is -3.42. The lowest BCUT2D eigenvalue weighted by Crippen LogP contribution is -2.13. The molecule has 1 atom stereocenters. The molecule has 0 spiro atoms. The van der Waals surface area contributed by atoms with Gasteiger partial charge in [0.15, 0.2) is 0 Å². The molecule has 0 rings (SSSR count). The van der Waals surface area contributed by atoms with Crippen LogP contribution in [-0.4, -0.2) is 23.7 Å². The fourth-order valence-electron chi connectivity index (χ4n) is 0.188. The van der Waals surface area contributed by atoms with Crippen molar-refractivity contribution in [2.45, 2.75) is 6.92 Å². The number of amides is 1. The first-order chi connectivity index (χ1) is 5.39. The summed E-state index contributed by atoms with van der Waals surface area (Å²) in [6.45, 7) is 1.78. The van der Waals surface area contributed by atoms with E-state index in [4.69, 9.17) is 21.3 Å². The molecule has 0 aromatic heterocycles. The van der Waals surface area contributed by atoms with E-state index in [-0.39, 0.29) is 0 Å². The monoisotopic (exact) mass is 232 g/mol. The summed E-state index contributed by atoms with van der Waals surface area (Å²) >= 11 is 5.38. The molecule has 1 unspecified atom stereocenters. The van der Waals surface area contributed by atoms with Crippen molar-refractivity contribution in [1.29, 1.82) is 0 Å². The van der Waals surface area contributed by atoms with Crippen LogP contribution in [-0.2, 0) is 15.8 Å². The molecule has 72 valence electrons. The first-order valence-electron chi connectivity index (χ1n) is 3.06. The molecule has 0 aliphatic rings. The van der Waals surface area contributed by atoms with E-state index >= 15 is 0 Å². The molecular weight excluding hydrogens is 222 g/mol. The Bertz CT molecular complexity index is 215. The van der Waals surface area contributed by atoms with Crippen LogP contribution in [0.3, 0.4) is 0 Å². The maximum atomic E-state index is 11.9. The maximum absolute atomic E-state index is 11.9. The predicted molar refractivity (Wildman–Crippen MR) is 52.0 cm³/mol. The number of carbonyl (C=O) groups excluding carboxylic acids is 1. The van der Waals surface area contributed by atoms with Gasteiger partial charge in [-0.25, -0.2) is 13.1 Å². The van der Waals surface area contributed by atoms with E-state index in [1.165, 1.54) is 7.05 Å². The third kappa shape index (κ3) is 5.05. The van der Waals surface area contributed by atoms with Crippen LogP contribution in [0.4, 0.5) is 9.18 Å². The molecular formula is C4H10FN2O2PS2. The summed E-state index contributed by atoms with van der Waals surface area (Å²) in [5, 5.41) is 0. The normalized spacial score (nSPS) is 15.3. The quantitative estimate of drug-likeness (QED) is 0.264. The Morgan fingerprint density at radius 3 is 2.75 bits per heavy atom. The smallest absolute Gasteiger partial charge is 0.281 e. The van der Waals surface area contributed by atoms with Gasteiger partial charge in [0.2, 0.25) is 0 Å².